The SMILES string of the molecule is Cc1ccc(NC(=O)C(Sc2ccc(NC(=O)Cc3ccc(Cl)cc3)cc2)c2ccccc2)c(C)c1. The summed E-state index contributed by atoms with van der Waals surface area (Å²) < 4.78 is 0. The van der Waals surface area contributed by atoms with E-state index in [9.17, 15) is 9.59 Å². The molecule has 0 saturated heterocycles. The molecule has 2 amide bonds. The summed E-state index contributed by atoms with van der Waals surface area (Å²) >= 11 is 7.39. The Bertz CT molecular complexity index is 1340. The molecule has 1 atom stereocenters. The van der Waals surface area contributed by atoms with Gasteiger partial charge in [-0.3, -0.25) is 9.59 Å². The monoisotopic (exact) mass is 514 g/mol. The van der Waals surface area contributed by atoms with Gasteiger partial charge in [-0.1, -0.05) is 71.8 Å². The van der Waals surface area contributed by atoms with E-state index in [0.29, 0.717) is 10.7 Å². The highest BCUT2D eigenvalue weighted by Crippen LogP contribution is 2.37. The molecule has 4 nitrogen and oxygen atoms in total. The van der Waals surface area contributed by atoms with E-state index >= 15 is 0 Å². The first-order valence-electron chi connectivity index (χ1n) is 11.6. The molecule has 0 saturated carbocycles. The Morgan fingerprint density at radius 3 is 2.19 bits per heavy atom. The quantitative estimate of drug-likeness (QED) is 0.238. The van der Waals surface area contributed by atoms with E-state index in [1.807, 2.05) is 92.7 Å². The van der Waals surface area contributed by atoms with Gasteiger partial charge in [-0.25, -0.2) is 0 Å². The topological polar surface area (TPSA) is 58.2 Å². The average Bonchev–Trinajstić information content (AvgIpc) is 2.87. The van der Waals surface area contributed by atoms with Crippen molar-refractivity contribution in [1.82, 2.24) is 0 Å². The van der Waals surface area contributed by atoms with Crippen molar-refractivity contribution >= 4 is 46.6 Å². The van der Waals surface area contributed by atoms with Gasteiger partial charge in [0.2, 0.25) is 11.8 Å². The van der Waals surface area contributed by atoms with Crippen LogP contribution in [0.1, 0.15) is 27.5 Å². The van der Waals surface area contributed by atoms with Crippen molar-refractivity contribution in [3.63, 3.8) is 0 Å². The minimum absolute atomic E-state index is 0.0847. The Morgan fingerprint density at radius 1 is 0.833 bits per heavy atom. The van der Waals surface area contributed by atoms with Crippen molar-refractivity contribution in [3.05, 3.63) is 124 Å². The lowest BCUT2D eigenvalue weighted by Gasteiger charge is -2.18. The normalized spacial score (nSPS) is 11.5. The molecule has 0 aliphatic rings. The molecule has 182 valence electrons. The molecule has 0 aliphatic heterocycles. The molecule has 0 aliphatic carbocycles. The molecule has 4 rings (SSSR count). The highest BCUT2D eigenvalue weighted by molar-refractivity contribution is 8.00. The Morgan fingerprint density at radius 2 is 1.53 bits per heavy atom. The Hall–Kier alpha value is -3.54. The smallest absolute Gasteiger partial charge is 0.242 e. The first kappa shape index (κ1) is 25.5. The maximum Gasteiger partial charge on any atom is 0.242 e. The number of hydrogen-bond acceptors (Lipinski definition) is 3. The van der Waals surface area contributed by atoms with E-state index in [1.54, 1.807) is 12.1 Å². The van der Waals surface area contributed by atoms with Crippen molar-refractivity contribution in [2.24, 2.45) is 0 Å². The Labute approximate surface area is 221 Å². The zero-order valence-corrected chi connectivity index (χ0v) is 21.7. The van der Waals surface area contributed by atoms with Crippen LogP contribution >= 0.6 is 23.4 Å². The second-order valence-electron chi connectivity index (χ2n) is 8.59. The van der Waals surface area contributed by atoms with E-state index in [-0.39, 0.29) is 18.2 Å². The molecule has 1 unspecified atom stereocenters. The summed E-state index contributed by atoms with van der Waals surface area (Å²) in [7, 11) is 0. The van der Waals surface area contributed by atoms with Gasteiger partial charge in [-0.05, 0) is 73.0 Å². The fraction of sp³-hybridized carbons (Fsp3) is 0.133. The van der Waals surface area contributed by atoms with Crippen LogP contribution in [0.15, 0.2) is 102 Å². The van der Waals surface area contributed by atoms with Crippen LogP contribution in [0.3, 0.4) is 0 Å². The van der Waals surface area contributed by atoms with E-state index < -0.39 is 5.25 Å². The lowest BCUT2D eigenvalue weighted by atomic mass is 10.1. The molecule has 6 heteroatoms. The Kier molecular flexibility index (Phi) is 8.47. The standard InChI is InChI=1S/C30H27ClN2O2S/c1-20-8-17-27(21(2)18-20)33-30(35)29(23-6-4-3-5-7-23)36-26-15-13-25(14-16-26)32-28(34)19-22-9-11-24(31)12-10-22/h3-18,29H,19H2,1-2H3,(H,32,34)(H,33,35). The van der Waals surface area contributed by atoms with E-state index in [0.717, 1.165) is 32.8 Å². The minimum atomic E-state index is -0.433. The predicted octanol–water partition coefficient (Wildman–Crippen LogP) is 7.61. The maximum absolute atomic E-state index is 13.4. The number of anilines is 2. The number of aryl methyl sites for hydroxylation is 2. The zero-order chi connectivity index (χ0) is 25.5. The molecule has 0 fully saturated rings. The van der Waals surface area contributed by atoms with Gasteiger partial charge in [0.1, 0.15) is 5.25 Å². The van der Waals surface area contributed by atoms with Crippen molar-refractivity contribution < 1.29 is 9.59 Å². The summed E-state index contributed by atoms with van der Waals surface area (Å²) in [6, 6.07) is 30.5. The number of thioether (sulfide) groups is 1. The van der Waals surface area contributed by atoms with Gasteiger partial charge in [0.25, 0.3) is 0 Å². The fourth-order valence-electron chi connectivity index (χ4n) is 3.80. The van der Waals surface area contributed by atoms with Crippen LogP contribution in [0.2, 0.25) is 5.02 Å². The predicted molar refractivity (Wildman–Crippen MR) is 150 cm³/mol. The second-order valence-corrected chi connectivity index (χ2v) is 10.2. The molecule has 0 heterocycles. The third-order valence-corrected chi connectivity index (χ3v) is 7.17. The second kappa shape index (κ2) is 11.9. The summed E-state index contributed by atoms with van der Waals surface area (Å²) in [5.74, 6) is -0.189. The third kappa shape index (κ3) is 7.00. The van der Waals surface area contributed by atoms with Crippen LogP contribution < -0.4 is 10.6 Å². The van der Waals surface area contributed by atoms with Crippen LogP contribution in [0.5, 0.6) is 0 Å². The number of nitrogens with one attached hydrogen (secondary N) is 2. The van der Waals surface area contributed by atoms with Crippen molar-refractivity contribution in [2.75, 3.05) is 10.6 Å². The summed E-state index contributed by atoms with van der Waals surface area (Å²) in [6.07, 6.45) is 0.266. The zero-order valence-electron chi connectivity index (χ0n) is 20.1. The van der Waals surface area contributed by atoms with Crippen molar-refractivity contribution in [2.45, 2.75) is 30.4 Å². The highest BCUT2D eigenvalue weighted by atomic mass is 35.5. The van der Waals surface area contributed by atoms with Crippen LogP contribution in [-0.2, 0) is 16.0 Å². The van der Waals surface area contributed by atoms with Crippen LogP contribution in [0, 0.1) is 13.8 Å². The summed E-state index contributed by atoms with van der Waals surface area (Å²) in [6.45, 7) is 4.03. The number of carbonyl (C=O) groups is 2. The lowest BCUT2D eigenvalue weighted by Crippen LogP contribution is -2.19. The van der Waals surface area contributed by atoms with Crippen LogP contribution in [0.25, 0.3) is 0 Å². The number of rotatable bonds is 8. The number of benzene rings is 4. The van der Waals surface area contributed by atoms with Crippen molar-refractivity contribution in [1.29, 1.82) is 0 Å². The molecule has 0 aromatic heterocycles. The van der Waals surface area contributed by atoms with Gasteiger partial charge in [-0.2, -0.15) is 0 Å². The van der Waals surface area contributed by atoms with E-state index in [4.69, 9.17) is 11.6 Å². The van der Waals surface area contributed by atoms with Gasteiger partial charge in [0.05, 0.1) is 6.42 Å². The van der Waals surface area contributed by atoms with Gasteiger partial charge in [0, 0.05) is 21.3 Å². The number of halogens is 1. The average molecular weight is 515 g/mol. The van der Waals surface area contributed by atoms with Gasteiger partial charge < -0.3 is 10.6 Å². The summed E-state index contributed by atoms with van der Waals surface area (Å²) in [5, 5.41) is 6.23. The number of carbonyl (C=O) groups excluding carboxylic acids is 2. The Balaban J connectivity index is 1.45. The molecule has 0 radical (unpaired) electrons. The number of hydrogen-bond donors (Lipinski definition) is 2. The molecule has 4 aromatic carbocycles. The first-order chi connectivity index (χ1) is 17.4. The molecule has 0 bridgehead atoms. The largest absolute Gasteiger partial charge is 0.326 e. The van der Waals surface area contributed by atoms with Gasteiger partial charge >= 0.3 is 0 Å². The van der Waals surface area contributed by atoms with Crippen LogP contribution in [-0.4, -0.2) is 11.8 Å². The summed E-state index contributed by atoms with van der Waals surface area (Å²) in [4.78, 5) is 26.7. The molecular weight excluding hydrogens is 488 g/mol. The molecule has 4 aromatic rings. The molecule has 0 spiro atoms. The minimum Gasteiger partial charge on any atom is -0.326 e. The van der Waals surface area contributed by atoms with Crippen molar-refractivity contribution in [3.8, 4) is 0 Å². The molecule has 2 N–H and O–H groups in total. The van der Waals surface area contributed by atoms with Gasteiger partial charge in [0.15, 0.2) is 0 Å². The first-order valence-corrected chi connectivity index (χ1v) is 12.9. The highest BCUT2D eigenvalue weighted by Gasteiger charge is 2.22. The lowest BCUT2D eigenvalue weighted by molar-refractivity contribution is -0.116. The number of amides is 2. The fourth-order valence-corrected chi connectivity index (χ4v) is 4.95. The van der Waals surface area contributed by atoms with E-state index in [1.165, 1.54) is 11.8 Å². The third-order valence-electron chi connectivity index (χ3n) is 5.65. The van der Waals surface area contributed by atoms with E-state index in [2.05, 4.69) is 16.7 Å². The molecule has 36 heavy (non-hydrogen) atoms. The van der Waals surface area contributed by atoms with Gasteiger partial charge in [-0.15, -0.1) is 11.8 Å². The maximum atomic E-state index is 13.4. The van der Waals surface area contributed by atoms with Crippen LogP contribution in [0.4, 0.5) is 11.4 Å². The molecular formula is C30H27ClN2O2S. The summed E-state index contributed by atoms with van der Waals surface area (Å²) in [5.41, 5.74) is 5.51.